The number of aromatic nitrogens is 3. The van der Waals surface area contributed by atoms with E-state index in [4.69, 9.17) is 4.74 Å². The number of aromatic hydroxyl groups is 1. The van der Waals surface area contributed by atoms with Crippen molar-refractivity contribution in [3.63, 3.8) is 0 Å². The van der Waals surface area contributed by atoms with Gasteiger partial charge in [0.1, 0.15) is 12.4 Å². The van der Waals surface area contributed by atoms with E-state index >= 15 is 0 Å². The lowest BCUT2D eigenvalue weighted by molar-refractivity contribution is 0.150. The lowest BCUT2D eigenvalue weighted by Gasteiger charge is -2.23. The van der Waals surface area contributed by atoms with Crippen LogP contribution in [0, 0.1) is 6.92 Å². The number of piperidine rings is 1. The average Bonchev–Trinajstić information content (AvgIpc) is 2.68. The van der Waals surface area contributed by atoms with Gasteiger partial charge in [-0.05, 0) is 45.0 Å². The summed E-state index contributed by atoms with van der Waals surface area (Å²) in [5.74, 6) is 0.0892. The molecule has 10 heteroatoms. The average molecular weight is 410 g/mol. The van der Waals surface area contributed by atoms with Crippen molar-refractivity contribution in [3.05, 3.63) is 24.2 Å². The predicted molar refractivity (Wildman–Crippen MR) is 107 cm³/mol. The molecule has 1 aliphatic rings. The molecule has 0 atom stereocenters. The van der Waals surface area contributed by atoms with Crippen molar-refractivity contribution in [1.29, 1.82) is 0 Å². The number of nitrogens with zero attached hydrogens (tertiary/aromatic N) is 3. The molecule has 3 N–H and O–H groups in total. The first-order chi connectivity index (χ1) is 13.3. The summed E-state index contributed by atoms with van der Waals surface area (Å²) in [5, 5.41) is 16.6. The van der Waals surface area contributed by atoms with Gasteiger partial charge in [-0.1, -0.05) is 13.8 Å². The van der Waals surface area contributed by atoms with Crippen LogP contribution in [-0.4, -0.2) is 53.9 Å². The monoisotopic (exact) mass is 409 g/mol. The van der Waals surface area contributed by atoms with Crippen molar-refractivity contribution in [3.8, 4) is 11.6 Å². The van der Waals surface area contributed by atoms with E-state index in [1.54, 1.807) is 13.0 Å². The van der Waals surface area contributed by atoms with Crippen LogP contribution < -0.4 is 15.4 Å². The first-order valence-electron chi connectivity index (χ1n) is 9.20. The molecule has 0 radical (unpaired) electrons. The summed E-state index contributed by atoms with van der Waals surface area (Å²) in [6.45, 7) is 7.39. The first kappa shape index (κ1) is 21.8. The molecule has 154 valence electrons. The number of pyridine rings is 1. The first-order valence-corrected chi connectivity index (χ1v) is 11.1. The van der Waals surface area contributed by atoms with E-state index in [1.807, 2.05) is 13.8 Å². The minimum atomic E-state index is -3.39. The fourth-order valence-electron chi connectivity index (χ4n) is 2.62. The van der Waals surface area contributed by atoms with Gasteiger partial charge in [-0.15, -0.1) is 0 Å². The summed E-state index contributed by atoms with van der Waals surface area (Å²) in [4.78, 5) is 12.1. The van der Waals surface area contributed by atoms with Crippen LogP contribution in [-0.2, 0) is 9.84 Å². The van der Waals surface area contributed by atoms with Crippen LogP contribution in [0.4, 0.5) is 11.5 Å². The fraction of sp³-hybridized carbons (Fsp3) is 0.500. The summed E-state index contributed by atoms with van der Waals surface area (Å²) in [6.07, 6.45) is 4.06. The molecule has 2 aromatic rings. The van der Waals surface area contributed by atoms with Crippen LogP contribution in [0.25, 0.3) is 0 Å². The lowest BCUT2D eigenvalue weighted by Crippen LogP contribution is -2.34. The van der Waals surface area contributed by atoms with E-state index < -0.39 is 9.84 Å². The van der Waals surface area contributed by atoms with Crippen molar-refractivity contribution in [2.24, 2.45) is 0 Å². The standard InChI is InChI=1S/C16H21N5O4S.C2H6/c1-10-12(3-4-13(20-10)26(2,23)24)21-15-14(22)16(19-9-18-15)25-11-5-7-17-8-6-11;1-2/h3-4,9,11,17,22H,5-8H2,1-2H3,(H,18,19,21);1-2H3. The fourth-order valence-corrected chi connectivity index (χ4v) is 3.23. The third kappa shape index (κ3) is 5.52. The number of hydrogen-bond acceptors (Lipinski definition) is 9. The molecular weight excluding hydrogens is 382 g/mol. The molecule has 9 nitrogen and oxygen atoms in total. The maximum absolute atomic E-state index is 11.6. The van der Waals surface area contributed by atoms with Crippen molar-refractivity contribution in [2.45, 2.75) is 44.7 Å². The highest BCUT2D eigenvalue weighted by molar-refractivity contribution is 7.90. The Morgan fingerprint density at radius 1 is 1.21 bits per heavy atom. The highest BCUT2D eigenvalue weighted by Gasteiger charge is 2.20. The quantitative estimate of drug-likeness (QED) is 0.681. The van der Waals surface area contributed by atoms with Gasteiger partial charge in [-0.25, -0.2) is 18.4 Å². The van der Waals surface area contributed by atoms with Crippen LogP contribution in [0.3, 0.4) is 0 Å². The van der Waals surface area contributed by atoms with Gasteiger partial charge in [0.2, 0.25) is 5.75 Å². The Bertz CT molecular complexity index is 899. The molecule has 1 saturated heterocycles. The molecule has 0 unspecified atom stereocenters. The molecule has 0 saturated carbocycles. The molecule has 1 fully saturated rings. The van der Waals surface area contributed by atoms with E-state index in [0.29, 0.717) is 11.4 Å². The van der Waals surface area contributed by atoms with Crippen molar-refractivity contribution >= 4 is 21.3 Å². The topological polar surface area (TPSA) is 126 Å². The number of hydrogen-bond donors (Lipinski definition) is 3. The van der Waals surface area contributed by atoms with Gasteiger partial charge in [0.05, 0.1) is 11.4 Å². The molecule has 3 heterocycles. The van der Waals surface area contributed by atoms with E-state index in [9.17, 15) is 13.5 Å². The van der Waals surface area contributed by atoms with Crippen LogP contribution in [0.15, 0.2) is 23.5 Å². The zero-order valence-corrected chi connectivity index (χ0v) is 17.4. The van der Waals surface area contributed by atoms with E-state index in [1.165, 1.54) is 12.4 Å². The summed E-state index contributed by atoms with van der Waals surface area (Å²) >= 11 is 0. The number of anilines is 2. The zero-order chi connectivity index (χ0) is 20.7. The Labute approximate surface area is 165 Å². The number of ether oxygens (including phenoxy) is 1. The highest BCUT2D eigenvalue weighted by atomic mass is 32.2. The Morgan fingerprint density at radius 3 is 2.50 bits per heavy atom. The maximum atomic E-state index is 11.6. The van der Waals surface area contributed by atoms with Gasteiger partial charge >= 0.3 is 0 Å². The molecule has 0 spiro atoms. The molecule has 0 amide bonds. The van der Waals surface area contributed by atoms with Gasteiger partial charge in [-0.3, -0.25) is 0 Å². The predicted octanol–water partition coefficient (Wildman–Crippen LogP) is 2.19. The minimum Gasteiger partial charge on any atom is -0.501 e. The Balaban J connectivity index is 0.00000136. The second-order valence-electron chi connectivity index (χ2n) is 6.12. The summed E-state index contributed by atoms with van der Waals surface area (Å²) in [6, 6.07) is 2.98. The Morgan fingerprint density at radius 2 is 1.89 bits per heavy atom. The Kier molecular flexibility index (Phi) is 7.53. The Hall–Kier alpha value is -2.46. The lowest BCUT2D eigenvalue weighted by atomic mass is 10.1. The van der Waals surface area contributed by atoms with Gasteiger partial charge in [0.25, 0.3) is 5.88 Å². The van der Waals surface area contributed by atoms with Gasteiger partial charge in [0, 0.05) is 6.26 Å². The molecule has 0 aromatic carbocycles. The molecule has 28 heavy (non-hydrogen) atoms. The second kappa shape index (κ2) is 9.65. The summed E-state index contributed by atoms with van der Waals surface area (Å²) < 4.78 is 28.9. The smallest absolute Gasteiger partial charge is 0.262 e. The van der Waals surface area contributed by atoms with Crippen molar-refractivity contribution < 1.29 is 18.3 Å². The summed E-state index contributed by atoms with van der Waals surface area (Å²) in [5.41, 5.74) is 0.992. The van der Waals surface area contributed by atoms with Crippen LogP contribution in [0.2, 0.25) is 0 Å². The molecule has 0 bridgehead atoms. The number of rotatable bonds is 5. The van der Waals surface area contributed by atoms with Crippen LogP contribution >= 0.6 is 0 Å². The second-order valence-corrected chi connectivity index (χ2v) is 8.09. The number of aryl methyl sites for hydroxylation is 1. The normalized spacial score (nSPS) is 14.7. The van der Waals surface area contributed by atoms with E-state index in [-0.39, 0.29) is 28.6 Å². The number of nitrogens with one attached hydrogen (secondary N) is 2. The third-order valence-corrected chi connectivity index (χ3v) is 5.03. The molecule has 1 aliphatic heterocycles. The van der Waals surface area contributed by atoms with Crippen molar-refractivity contribution in [2.75, 3.05) is 24.7 Å². The van der Waals surface area contributed by atoms with E-state index in [0.717, 1.165) is 32.2 Å². The largest absolute Gasteiger partial charge is 0.501 e. The van der Waals surface area contributed by atoms with Crippen LogP contribution in [0.5, 0.6) is 11.6 Å². The van der Waals surface area contributed by atoms with Gasteiger partial charge in [0.15, 0.2) is 20.7 Å². The highest BCUT2D eigenvalue weighted by Crippen LogP contribution is 2.33. The minimum absolute atomic E-state index is 0.0117. The van der Waals surface area contributed by atoms with Gasteiger partial charge in [-0.2, -0.15) is 4.98 Å². The third-order valence-electron chi connectivity index (χ3n) is 4.05. The van der Waals surface area contributed by atoms with Crippen molar-refractivity contribution in [1.82, 2.24) is 20.3 Å². The SMILES string of the molecule is CC.Cc1nc(S(C)(=O)=O)ccc1Nc1ncnc(OC2CCNCC2)c1O. The molecule has 3 rings (SSSR count). The number of sulfone groups is 1. The maximum Gasteiger partial charge on any atom is 0.262 e. The summed E-state index contributed by atoms with van der Waals surface area (Å²) in [7, 11) is -3.39. The molecule has 0 aliphatic carbocycles. The molecule has 2 aromatic heterocycles. The van der Waals surface area contributed by atoms with E-state index in [2.05, 4.69) is 25.6 Å². The zero-order valence-electron chi connectivity index (χ0n) is 16.6. The molecular formula is C18H27N5O4S. The van der Waals surface area contributed by atoms with Crippen LogP contribution in [0.1, 0.15) is 32.4 Å². The van der Waals surface area contributed by atoms with Gasteiger partial charge < -0.3 is 20.5 Å².